The Balaban J connectivity index is 2.23. The molecule has 1 saturated heterocycles. The number of hydrogen-bond donors (Lipinski definition) is 1. The highest BCUT2D eigenvalue weighted by Gasteiger charge is 2.20. The number of benzene rings is 1. The molecule has 0 atom stereocenters. The number of nitrogens with zero attached hydrogens (tertiary/aromatic N) is 1. The predicted octanol–water partition coefficient (Wildman–Crippen LogP) is 2.52. The standard InChI is InChI=1S/C13H19BrN2O/c1-16(10-5-7-17-8-6-10)13-4-2-3-12(14)11(13)9-15/h2-4,10H,5-9,15H2,1H3. The molecule has 0 radical (unpaired) electrons. The molecule has 0 aromatic heterocycles. The molecule has 1 aromatic rings. The first-order valence-corrected chi connectivity index (χ1v) is 6.81. The van der Waals surface area contributed by atoms with Crippen molar-refractivity contribution < 1.29 is 4.74 Å². The average Bonchev–Trinajstić information content (AvgIpc) is 2.38. The summed E-state index contributed by atoms with van der Waals surface area (Å²) in [6.45, 7) is 2.28. The zero-order chi connectivity index (χ0) is 12.3. The fraction of sp³-hybridized carbons (Fsp3) is 0.538. The van der Waals surface area contributed by atoms with Gasteiger partial charge in [-0.25, -0.2) is 0 Å². The van der Waals surface area contributed by atoms with Crippen LogP contribution < -0.4 is 10.6 Å². The van der Waals surface area contributed by atoms with Gasteiger partial charge in [0.25, 0.3) is 0 Å². The summed E-state index contributed by atoms with van der Waals surface area (Å²) in [5, 5.41) is 0. The van der Waals surface area contributed by atoms with Crippen molar-refractivity contribution in [3.8, 4) is 0 Å². The van der Waals surface area contributed by atoms with Crippen molar-refractivity contribution in [3.63, 3.8) is 0 Å². The van der Waals surface area contributed by atoms with Gasteiger partial charge in [0.1, 0.15) is 0 Å². The minimum atomic E-state index is 0.559. The molecule has 4 heteroatoms. The predicted molar refractivity (Wildman–Crippen MR) is 74.3 cm³/mol. The van der Waals surface area contributed by atoms with Gasteiger partial charge in [-0.3, -0.25) is 0 Å². The van der Waals surface area contributed by atoms with Crippen molar-refractivity contribution in [2.45, 2.75) is 25.4 Å². The first-order valence-electron chi connectivity index (χ1n) is 6.02. The van der Waals surface area contributed by atoms with Gasteiger partial charge in [0.2, 0.25) is 0 Å². The summed E-state index contributed by atoms with van der Waals surface area (Å²) in [6.07, 6.45) is 2.18. The summed E-state index contributed by atoms with van der Waals surface area (Å²) in [5.41, 5.74) is 8.25. The Kier molecular flexibility index (Phi) is 4.42. The zero-order valence-electron chi connectivity index (χ0n) is 10.2. The van der Waals surface area contributed by atoms with E-state index in [1.54, 1.807) is 0 Å². The summed E-state index contributed by atoms with van der Waals surface area (Å²) in [6, 6.07) is 6.81. The summed E-state index contributed by atoms with van der Waals surface area (Å²) in [5.74, 6) is 0. The number of nitrogens with two attached hydrogens (primary N) is 1. The third-order valence-corrected chi connectivity index (χ3v) is 4.16. The van der Waals surface area contributed by atoms with Gasteiger partial charge in [0.05, 0.1) is 0 Å². The molecular weight excluding hydrogens is 280 g/mol. The molecular formula is C13H19BrN2O. The van der Waals surface area contributed by atoms with Crippen LogP contribution in [-0.4, -0.2) is 26.3 Å². The highest BCUT2D eigenvalue weighted by atomic mass is 79.9. The van der Waals surface area contributed by atoms with Gasteiger partial charge in [0.15, 0.2) is 0 Å². The molecule has 2 N–H and O–H groups in total. The molecule has 17 heavy (non-hydrogen) atoms. The lowest BCUT2D eigenvalue weighted by molar-refractivity contribution is 0.0854. The van der Waals surface area contributed by atoms with E-state index in [0.29, 0.717) is 12.6 Å². The second-order valence-electron chi connectivity index (χ2n) is 4.40. The van der Waals surface area contributed by atoms with E-state index in [9.17, 15) is 0 Å². The highest BCUT2D eigenvalue weighted by Crippen LogP contribution is 2.29. The quantitative estimate of drug-likeness (QED) is 0.932. The summed E-state index contributed by atoms with van der Waals surface area (Å²) in [4.78, 5) is 2.34. The van der Waals surface area contributed by atoms with E-state index < -0.39 is 0 Å². The molecule has 3 nitrogen and oxygen atoms in total. The molecule has 0 aliphatic carbocycles. The van der Waals surface area contributed by atoms with E-state index in [0.717, 1.165) is 30.5 Å². The topological polar surface area (TPSA) is 38.5 Å². The van der Waals surface area contributed by atoms with Gasteiger partial charge in [-0.15, -0.1) is 0 Å². The van der Waals surface area contributed by atoms with Gasteiger partial charge < -0.3 is 15.4 Å². The van der Waals surface area contributed by atoms with Crippen molar-refractivity contribution in [2.75, 3.05) is 25.2 Å². The van der Waals surface area contributed by atoms with Gasteiger partial charge in [-0.1, -0.05) is 22.0 Å². The molecule has 0 unspecified atom stereocenters. The van der Waals surface area contributed by atoms with Gasteiger partial charge in [-0.05, 0) is 25.0 Å². The number of anilines is 1. The summed E-state index contributed by atoms with van der Waals surface area (Å²) in [7, 11) is 2.15. The molecule has 1 aromatic carbocycles. The van der Waals surface area contributed by atoms with E-state index in [1.165, 1.54) is 11.3 Å². The van der Waals surface area contributed by atoms with Crippen LogP contribution in [0.3, 0.4) is 0 Å². The Bertz CT molecular complexity index is 378. The molecule has 0 bridgehead atoms. The third-order valence-electron chi connectivity index (χ3n) is 3.42. The van der Waals surface area contributed by atoms with Crippen molar-refractivity contribution in [3.05, 3.63) is 28.2 Å². The lowest BCUT2D eigenvalue weighted by atomic mass is 10.0. The van der Waals surface area contributed by atoms with Crippen LogP contribution in [0.2, 0.25) is 0 Å². The number of rotatable bonds is 3. The van der Waals surface area contributed by atoms with Crippen LogP contribution in [0.4, 0.5) is 5.69 Å². The first kappa shape index (κ1) is 12.9. The molecule has 1 fully saturated rings. The Morgan fingerprint density at radius 2 is 2.12 bits per heavy atom. The summed E-state index contributed by atoms with van der Waals surface area (Å²) >= 11 is 3.57. The normalized spacial score (nSPS) is 17.1. The molecule has 1 aliphatic heterocycles. The average molecular weight is 299 g/mol. The molecule has 1 aliphatic rings. The van der Waals surface area contributed by atoms with Crippen LogP contribution in [0.5, 0.6) is 0 Å². The second-order valence-corrected chi connectivity index (χ2v) is 5.25. The maximum Gasteiger partial charge on any atom is 0.0485 e. The highest BCUT2D eigenvalue weighted by molar-refractivity contribution is 9.10. The molecule has 0 amide bonds. The Morgan fingerprint density at radius 3 is 2.76 bits per heavy atom. The van der Waals surface area contributed by atoms with Crippen LogP contribution in [0.15, 0.2) is 22.7 Å². The molecule has 1 heterocycles. The molecule has 94 valence electrons. The first-order chi connectivity index (χ1) is 8.24. The van der Waals surface area contributed by atoms with E-state index in [2.05, 4.69) is 40.0 Å². The minimum absolute atomic E-state index is 0.559. The molecule has 0 saturated carbocycles. The molecule has 0 spiro atoms. The van der Waals surface area contributed by atoms with Crippen LogP contribution >= 0.6 is 15.9 Å². The largest absolute Gasteiger partial charge is 0.381 e. The monoisotopic (exact) mass is 298 g/mol. The van der Waals surface area contributed by atoms with Gasteiger partial charge in [0, 0.05) is 48.6 Å². The number of ether oxygens (including phenoxy) is 1. The lowest BCUT2D eigenvalue weighted by Gasteiger charge is -2.34. The fourth-order valence-electron chi connectivity index (χ4n) is 2.35. The smallest absolute Gasteiger partial charge is 0.0485 e. The van der Waals surface area contributed by atoms with Crippen LogP contribution in [0.25, 0.3) is 0 Å². The van der Waals surface area contributed by atoms with E-state index >= 15 is 0 Å². The Hall–Kier alpha value is -0.580. The zero-order valence-corrected chi connectivity index (χ0v) is 11.7. The van der Waals surface area contributed by atoms with E-state index in [-0.39, 0.29) is 0 Å². The maximum atomic E-state index is 5.84. The maximum absolute atomic E-state index is 5.84. The SMILES string of the molecule is CN(c1cccc(Br)c1CN)C1CCOCC1. The van der Waals surface area contributed by atoms with Gasteiger partial charge in [-0.2, -0.15) is 0 Å². The van der Waals surface area contributed by atoms with Crippen LogP contribution in [0.1, 0.15) is 18.4 Å². The lowest BCUT2D eigenvalue weighted by Crippen LogP contribution is -2.37. The van der Waals surface area contributed by atoms with Crippen molar-refractivity contribution in [1.82, 2.24) is 0 Å². The van der Waals surface area contributed by atoms with Crippen molar-refractivity contribution in [1.29, 1.82) is 0 Å². The Morgan fingerprint density at radius 1 is 1.41 bits per heavy atom. The Labute approximate surface area is 111 Å². The molecule has 2 rings (SSSR count). The van der Waals surface area contributed by atoms with Crippen LogP contribution in [0, 0.1) is 0 Å². The third kappa shape index (κ3) is 2.81. The van der Waals surface area contributed by atoms with E-state index in [1.807, 2.05) is 6.07 Å². The number of hydrogen-bond acceptors (Lipinski definition) is 3. The van der Waals surface area contributed by atoms with E-state index in [4.69, 9.17) is 10.5 Å². The van der Waals surface area contributed by atoms with Crippen molar-refractivity contribution >= 4 is 21.6 Å². The summed E-state index contributed by atoms with van der Waals surface area (Å²) < 4.78 is 6.50. The van der Waals surface area contributed by atoms with Crippen molar-refractivity contribution in [2.24, 2.45) is 5.73 Å². The number of halogens is 1. The van der Waals surface area contributed by atoms with Crippen LogP contribution in [-0.2, 0) is 11.3 Å². The fourth-order valence-corrected chi connectivity index (χ4v) is 2.87. The minimum Gasteiger partial charge on any atom is -0.381 e. The second kappa shape index (κ2) is 5.85. The van der Waals surface area contributed by atoms with Gasteiger partial charge >= 0.3 is 0 Å².